The van der Waals surface area contributed by atoms with Crippen molar-refractivity contribution in [3.8, 4) is 33.3 Å². The van der Waals surface area contributed by atoms with Crippen molar-refractivity contribution >= 4 is 17.0 Å². The lowest BCUT2D eigenvalue weighted by molar-refractivity contribution is 0.433. The third kappa shape index (κ3) is 2.92. The van der Waals surface area contributed by atoms with Crippen LogP contribution >= 0.6 is 11.3 Å². The molecule has 0 radical (unpaired) electrons. The van der Waals surface area contributed by atoms with Crippen LogP contribution in [0.3, 0.4) is 0 Å². The van der Waals surface area contributed by atoms with Gasteiger partial charge in [0.1, 0.15) is 6.67 Å². The van der Waals surface area contributed by atoms with Crippen molar-refractivity contribution in [2.45, 2.75) is 13.1 Å². The monoisotopic (exact) mass is 377 g/mol. The maximum absolute atomic E-state index is 13.5. The molecule has 4 aromatic rings. The summed E-state index contributed by atoms with van der Waals surface area (Å²) in [6.45, 7) is 0.438. The Kier molecular flexibility index (Phi) is 3.98. The molecule has 0 aliphatic carbocycles. The van der Waals surface area contributed by atoms with Crippen LogP contribution in [0.1, 0.15) is 10.4 Å². The Hall–Kier alpha value is -2.99. The molecule has 0 fully saturated rings. The first-order valence-electron chi connectivity index (χ1n) is 8.77. The fourth-order valence-electron chi connectivity index (χ4n) is 3.38. The van der Waals surface area contributed by atoms with E-state index in [2.05, 4.69) is 21.5 Å². The molecule has 1 aliphatic rings. The highest BCUT2D eigenvalue weighted by atomic mass is 32.1. The van der Waals surface area contributed by atoms with Crippen LogP contribution in [0.5, 0.6) is 0 Å². The van der Waals surface area contributed by atoms with Crippen molar-refractivity contribution in [3.63, 3.8) is 0 Å². The number of aromatic nitrogens is 2. The molecule has 0 spiro atoms. The molecule has 0 saturated carbocycles. The number of hydrogen-bond acceptors (Lipinski definition) is 5. The van der Waals surface area contributed by atoms with Gasteiger partial charge in [0.15, 0.2) is 0 Å². The second-order valence-corrected chi connectivity index (χ2v) is 7.56. The second kappa shape index (κ2) is 6.63. The van der Waals surface area contributed by atoms with Crippen LogP contribution in [0.4, 0.5) is 10.1 Å². The molecule has 3 heterocycles. The van der Waals surface area contributed by atoms with E-state index in [1.807, 2.05) is 48.5 Å². The largest absolute Gasteiger partial charge is 0.384 e. The van der Waals surface area contributed by atoms with Crippen LogP contribution in [0.15, 0.2) is 59.1 Å². The topological polar surface area (TPSA) is 51.0 Å². The SMILES string of the molecule is FCc1sc(-c2nc(-c3ccc4c(c3)CCN4)no2)cc1-c1ccccc1. The van der Waals surface area contributed by atoms with Crippen LogP contribution in [-0.2, 0) is 13.1 Å². The Balaban J connectivity index is 1.51. The summed E-state index contributed by atoms with van der Waals surface area (Å²) in [6.07, 6.45) is 0.999. The van der Waals surface area contributed by atoms with Crippen LogP contribution in [-0.4, -0.2) is 16.7 Å². The maximum atomic E-state index is 13.5. The molecular formula is C21H16FN3OS. The highest BCUT2D eigenvalue weighted by Crippen LogP contribution is 2.38. The fraction of sp³-hybridized carbons (Fsp3) is 0.143. The van der Waals surface area contributed by atoms with E-state index in [1.54, 1.807) is 0 Å². The second-order valence-electron chi connectivity index (χ2n) is 6.42. The molecule has 0 amide bonds. The third-order valence-corrected chi connectivity index (χ3v) is 5.81. The molecular weight excluding hydrogens is 361 g/mol. The lowest BCUT2D eigenvalue weighted by Gasteiger charge is -2.00. The molecule has 2 aromatic heterocycles. The number of halogens is 1. The average Bonchev–Trinajstić information content (AvgIpc) is 3.46. The van der Waals surface area contributed by atoms with Gasteiger partial charge in [0.25, 0.3) is 5.89 Å². The number of alkyl halides is 1. The number of thiophene rings is 1. The molecule has 5 rings (SSSR count). The molecule has 1 N–H and O–H groups in total. The minimum atomic E-state index is -0.520. The van der Waals surface area contributed by atoms with E-state index in [-0.39, 0.29) is 0 Å². The van der Waals surface area contributed by atoms with E-state index in [0.29, 0.717) is 16.6 Å². The van der Waals surface area contributed by atoms with Gasteiger partial charge in [0, 0.05) is 22.7 Å². The molecule has 27 heavy (non-hydrogen) atoms. The van der Waals surface area contributed by atoms with E-state index in [0.717, 1.165) is 34.5 Å². The van der Waals surface area contributed by atoms with Gasteiger partial charge >= 0.3 is 0 Å². The summed E-state index contributed by atoms with van der Waals surface area (Å²) < 4.78 is 19.0. The van der Waals surface area contributed by atoms with Gasteiger partial charge in [-0.25, -0.2) is 4.39 Å². The predicted molar refractivity (Wildman–Crippen MR) is 105 cm³/mol. The number of nitrogens with zero attached hydrogens (tertiary/aromatic N) is 2. The Morgan fingerprint density at radius 2 is 1.96 bits per heavy atom. The highest BCUT2D eigenvalue weighted by molar-refractivity contribution is 7.15. The van der Waals surface area contributed by atoms with Gasteiger partial charge in [-0.05, 0) is 47.4 Å². The number of hydrogen-bond donors (Lipinski definition) is 1. The normalized spacial score (nSPS) is 12.8. The maximum Gasteiger partial charge on any atom is 0.268 e. The first-order chi connectivity index (χ1) is 13.3. The fourth-order valence-corrected chi connectivity index (χ4v) is 4.33. The summed E-state index contributed by atoms with van der Waals surface area (Å²) in [4.78, 5) is 6.00. The third-order valence-electron chi connectivity index (χ3n) is 4.73. The summed E-state index contributed by atoms with van der Waals surface area (Å²) in [5.74, 6) is 0.974. The smallest absolute Gasteiger partial charge is 0.268 e. The van der Waals surface area contributed by atoms with Crippen molar-refractivity contribution in [2.75, 3.05) is 11.9 Å². The zero-order chi connectivity index (χ0) is 18.2. The van der Waals surface area contributed by atoms with E-state index in [4.69, 9.17) is 4.52 Å². The average molecular weight is 377 g/mol. The van der Waals surface area contributed by atoms with E-state index < -0.39 is 6.67 Å². The van der Waals surface area contributed by atoms with Crippen LogP contribution in [0.2, 0.25) is 0 Å². The van der Waals surface area contributed by atoms with Crippen molar-refractivity contribution in [1.29, 1.82) is 0 Å². The first kappa shape index (κ1) is 16.2. The molecule has 0 bridgehead atoms. The van der Waals surface area contributed by atoms with E-state index in [9.17, 15) is 4.39 Å². The van der Waals surface area contributed by atoms with E-state index in [1.165, 1.54) is 22.6 Å². The number of nitrogens with one attached hydrogen (secondary N) is 1. The number of benzene rings is 2. The van der Waals surface area contributed by atoms with Crippen molar-refractivity contribution < 1.29 is 8.91 Å². The summed E-state index contributed by atoms with van der Waals surface area (Å²) in [7, 11) is 0. The van der Waals surface area contributed by atoms with Gasteiger partial charge in [0.05, 0.1) is 4.88 Å². The van der Waals surface area contributed by atoms with Gasteiger partial charge in [-0.15, -0.1) is 11.3 Å². The lowest BCUT2D eigenvalue weighted by Crippen LogP contribution is -1.90. The van der Waals surface area contributed by atoms with Crippen LogP contribution in [0.25, 0.3) is 33.3 Å². The molecule has 134 valence electrons. The van der Waals surface area contributed by atoms with Crippen molar-refractivity contribution in [1.82, 2.24) is 10.1 Å². The molecule has 4 nitrogen and oxygen atoms in total. The Bertz CT molecular complexity index is 1100. The highest BCUT2D eigenvalue weighted by Gasteiger charge is 2.18. The minimum absolute atomic E-state index is 0.422. The summed E-state index contributed by atoms with van der Waals surface area (Å²) >= 11 is 1.35. The first-order valence-corrected chi connectivity index (χ1v) is 9.59. The Morgan fingerprint density at radius 1 is 1.07 bits per heavy atom. The van der Waals surface area contributed by atoms with Crippen LogP contribution < -0.4 is 5.32 Å². The van der Waals surface area contributed by atoms with Gasteiger partial charge in [-0.3, -0.25) is 0 Å². The van der Waals surface area contributed by atoms with E-state index >= 15 is 0 Å². The Morgan fingerprint density at radius 3 is 2.81 bits per heavy atom. The molecule has 0 saturated heterocycles. The Labute approximate surface area is 159 Å². The van der Waals surface area contributed by atoms with Crippen molar-refractivity contribution in [2.24, 2.45) is 0 Å². The minimum Gasteiger partial charge on any atom is -0.384 e. The standard InChI is InChI=1S/C21H16FN3OS/c22-12-19-16(13-4-2-1-3-5-13)11-18(27-19)21-24-20(25-26-21)15-6-7-17-14(10-15)8-9-23-17/h1-7,10-11,23H,8-9,12H2. The molecule has 6 heteroatoms. The van der Waals surface area contributed by atoms with Gasteiger partial charge in [0.2, 0.25) is 5.82 Å². The quantitative estimate of drug-likeness (QED) is 0.505. The predicted octanol–water partition coefficient (Wildman–Crippen LogP) is 5.57. The summed E-state index contributed by atoms with van der Waals surface area (Å²) in [5, 5.41) is 7.47. The van der Waals surface area contributed by atoms with Gasteiger partial charge in [-0.2, -0.15) is 4.98 Å². The van der Waals surface area contributed by atoms with Gasteiger partial charge in [-0.1, -0.05) is 35.5 Å². The van der Waals surface area contributed by atoms with Crippen LogP contribution in [0, 0.1) is 0 Å². The zero-order valence-electron chi connectivity index (χ0n) is 14.4. The lowest BCUT2D eigenvalue weighted by atomic mass is 10.1. The molecule has 1 aliphatic heterocycles. The van der Waals surface area contributed by atoms with Crippen molar-refractivity contribution in [3.05, 3.63) is 65.0 Å². The number of rotatable bonds is 4. The number of fused-ring (bicyclic) bond motifs is 1. The molecule has 0 unspecified atom stereocenters. The summed E-state index contributed by atoms with van der Waals surface area (Å²) in [6, 6.07) is 17.9. The number of anilines is 1. The molecule has 2 aromatic carbocycles. The zero-order valence-corrected chi connectivity index (χ0v) is 15.2. The molecule has 0 atom stereocenters. The summed E-state index contributed by atoms with van der Waals surface area (Å²) in [5.41, 5.74) is 5.22. The van der Waals surface area contributed by atoms with Gasteiger partial charge < -0.3 is 9.84 Å².